The smallest absolute Gasteiger partial charge is 0.189 e. The molecule has 1 heterocycles. The fourth-order valence-corrected chi connectivity index (χ4v) is 2.81. The summed E-state index contributed by atoms with van der Waals surface area (Å²) >= 11 is 0. The number of nitrogens with two attached hydrogens (primary N) is 1. The Labute approximate surface area is 144 Å². The lowest BCUT2D eigenvalue weighted by atomic mass is 10.1. The fraction of sp³-hybridized carbons (Fsp3) is 0.611. The minimum atomic E-state index is -0.185. The van der Waals surface area contributed by atoms with E-state index in [4.69, 9.17) is 5.73 Å². The third-order valence-electron chi connectivity index (χ3n) is 4.11. The molecule has 2 rings (SSSR count). The number of guanidine groups is 1. The number of hydrogen-bond donors (Lipinski definition) is 2. The third-order valence-corrected chi connectivity index (χ3v) is 4.11. The molecule has 0 aromatic heterocycles. The molecule has 3 N–H and O–H groups in total. The highest BCUT2D eigenvalue weighted by molar-refractivity contribution is 5.78. The number of halogens is 1. The van der Waals surface area contributed by atoms with Gasteiger partial charge in [-0.2, -0.15) is 0 Å². The number of likely N-dealkylation sites (N-methyl/N-ethyl adjacent to an activating group) is 1. The van der Waals surface area contributed by atoms with E-state index in [0.29, 0.717) is 18.2 Å². The molecule has 0 bridgehead atoms. The van der Waals surface area contributed by atoms with E-state index in [2.05, 4.69) is 27.0 Å². The molecule has 1 fully saturated rings. The summed E-state index contributed by atoms with van der Waals surface area (Å²) in [6.45, 7) is 13.3. The summed E-state index contributed by atoms with van der Waals surface area (Å²) in [4.78, 5) is 8.77. The molecular formula is C18H30FN5. The molecule has 0 unspecified atom stereocenters. The predicted octanol–water partition coefficient (Wildman–Crippen LogP) is 2.17. The van der Waals surface area contributed by atoms with Crippen LogP contribution in [-0.4, -0.2) is 49.1 Å². The highest BCUT2D eigenvalue weighted by Gasteiger charge is 2.18. The number of piperazine rings is 1. The summed E-state index contributed by atoms with van der Waals surface area (Å²) in [5, 5.41) is 3.10. The summed E-state index contributed by atoms with van der Waals surface area (Å²) in [7, 11) is 0. The van der Waals surface area contributed by atoms with Crippen LogP contribution >= 0.6 is 0 Å². The molecule has 0 radical (unpaired) electrons. The highest BCUT2D eigenvalue weighted by Crippen LogP contribution is 2.22. The van der Waals surface area contributed by atoms with Gasteiger partial charge in [-0.05, 0) is 45.0 Å². The molecule has 1 aromatic rings. The molecule has 0 spiro atoms. The molecule has 1 aromatic carbocycles. The van der Waals surface area contributed by atoms with Crippen LogP contribution in [0.2, 0.25) is 0 Å². The maximum atomic E-state index is 14.5. The number of aliphatic imine (C=N–C) groups is 1. The van der Waals surface area contributed by atoms with Crippen molar-refractivity contribution in [3.63, 3.8) is 0 Å². The van der Waals surface area contributed by atoms with Crippen molar-refractivity contribution in [2.24, 2.45) is 10.7 Å². The lowest BCUT2D eigenvalue weighted by molar-refractivity contribution is 0.270. The Kier molecular flexibility index (Phi) is 6.04. The molecule has 1 saturated heterocycles. The molecule has 1 aliphatic heterocycles. The number of nitrogens with one attached hydrogen (secondary N) is 1. The molecule has 6 heteroatoms. The van der Waals surface area contributed by atoms with Crippen molar-refractivity contribution in [2.45, 2.75) is 39.8 Å². The second-order valence-electron chi connectivity index (χ2n) is 7.28. The van der Waals surface area contributed by atoms with Crippen molar-refractivity contribution in [3.8, 4) is 0 Å². The number of rotatable bonds is 4. The van der Waals surface area contributed by atoms with Crippen LogP contribution in [0.25, 0.3) is 0 Å². The Morgan fingerprint density at radius 3 is 2.46 bits per heavy atom. The molecule has 24 heavy (non-hydrogen) atoms. The third kappa shape index (κ3) is 5.37. The van der Waals surface area contributed by atoms with Gasteiger partial charge in [0.2, 0.25) is 0 Å². The van der Waals surface area contributed by atoms with Gasteiger partial charge in [0.05, 0.1) is 12.2 Å². The van der Waals surface area contributed by atoms with E-state index in [1.807, 2.05) is 32.9 Å². The Hall–Kier alpha value is -1.82. The van der Waals surface area contributed by atoms with Crippen molar-refractivity contribution in [1.82, 2.24) is 10.2 Å². The maximum absolute atomic E-state index is 14.5. The summed E-state index contributed by atoms with van der Waals surface area (Å²) in [5.41, 5.74) is 7.22. The standard InChI is InChI=1S/C18H30FN5/c1-5-23-8-10-24(11-9-23)16-7-6-14(12-15(16)19)13-21-17(20)22-18(2,3)4/h6-7,12H,5,8-11,13H2,1-4H3,(H3,20,21,22). The Morgan fingerprint density at radius 1 is 1.25 bits per heavy atom. The van der Waals surface area contributed by atoms with E-state index < -0.39 is 0 Å². The van der Waals surface area contributed by atoms with E-state index >= 15 is 0 Å². The van der Waals surface area contributed by atoms with E-state index in [1.165, 1.54) is 0 Å². The van der Waals surface area contributed by atoms with Crippen molar-refractivity contribution in [2.75, 3.05) is 37.6 Å². The maximum Gasteiger partial charge on any atom is 0.189 e. The second-order valence-corrected chi connectivity index (χ2v) is 7.28. The van der Waals surface area contributed by atoms with Gasteiger partial charge in [-0.1, -0.05) is 13.0 Å². The molecule has 0 saturated carbocycles. The first-order valence-electron chi connectivity index (χ1n) is 8.62. The van der Waals surface area contributed by atoms with Gasteiger partial charge >= 0.3 is 0 Å². The predicted molar refractivity (Wildman–Crippen MR) is 98.9 cm³/mol. The topological polar surface area (TPSA) is 56.9 Å². The lowest BCUT2D eigenvalue weighted by Crippen LogP contribution is -2.46. The van der Waals surface area contributed by atoms with Gasteiger partial charge in [0, 0.05) is 31.7 Å². The van der Waals surface area contributed by atoms with Gasteiger partial charge in [0.15, 0.2) is 5.96 Å². The van der Waals surface area contributed by atoms with Crippen LogP contribution in [0, 0.1) is 5.82 Å². The Morgan fingerprint density at radius 2 is 1.92 bits per heavy atom. The van der Waals surface area contributed by atoms with Crippen molar-refractivity contribution < 1.29 is 4.39 Å². The highest BCUT2D eigenvalue weighted by atomic mass is 19.1. The monoisotopic (exact) mass is 335 g/mol. The minimum Gasteiger partial charge on any atom is -0.370 e. The summed E-state index contributed by atoms with van der Waals surface area (Å²) < 4.78 is 14.5. The molecule has 134 valence electrons. The van der Waals surface area contributed by atoms with E-state index in [1.54, 1.807) is 6.07 Å². The zero-order valence-corrected chi connectivity index (χ0v) is 15.3. The Bertz CT molecular complexity index is 571. The zero-order valence-electron chi connectivity index (χ0n) is 15.3. The first-order valence-corrected chi connectivity index (χ1v) is 8.62. The summed E-state index contributed by atoms with van der Waals surface area (Å²) in [5.74, 6) is 0.192. The van der Waals surface area contributed by atoms with Crippen LogP contribution in [0.1, 0.15) is 33.3 Å². The number of benzene rings is 1. The minimum absolute atomic E-state index is 0.136. The van der Waals surface area contributed by atoms with Crippen LogP contribution in [0.4, 0.5) is 10.1 Å². The quantitative estimate of drug-likeness (QED) is 0.654. The number of nitrogens with zero attached hydrogens (tertiary/aromatic N) is 3. The van der Waals surface area contributed by atoms with Crippen LogP contribution < -0.4 is 16.0 Å². The summed E-state index contributed by atoms with van der Waals surface area (Å²) in [6, 6.07) is 5.35. The average Bonchev–Trinajstić information content (AvgIpc) is 2.52. The normalized spacial score (nSPS) is 17.2. The molecule has 1 aliphatic rings. The number of anilines is 1. The second kappa shape index (κ2) is 7.83. The molecular weight excluding hydrogens is 305 g/mol. The van der Waals surface area contributed by atoms with Gasteiger partial charge in [0.1, 0.15) is 5.82 Å². The van der Waals surface area contributed by atoms with Gasteiger partial charge in [0.25, 0.3) is 0 Å². The first-order chi connectivity index (χ1) is 11.3. The van der Waals surface area contributed by atoms with Crippen LogP contribution in [0.5, 0.6) is 0 Å². The first kappa shape index (κ1) is 18.5. The molecule has 0 atom stereocenters. The largest absolute Gasteiger partial charge is 0.370 e. The van der Waals surface area contributed by atoms with Crippen LogP contribution in [0.15, 0.2) is 23.2 Å². The average molecular weight is 335 g/mol. The fourth-order valence-electron chi connectivity index (χ4n) is 2.81. The molecule has 0 aliphatic carbocycles. The van der Waals surface area contributed by atoms with Crippen molar-refractivity contribution in [1.29, 1.82) is 0 Å². The van der Waals surface area contributed by atoms with E-state index in [0.717, 1.165) is 38.3 Å². The van der Waals surface area contributed by atoms with Gasteiger partial charge in [-0.15, -0.1) is 0 Å². The van der Waals surface area contributed by atoms with Crippen molar-refractivity contribution >= 4 is 11.6 Å². The van der Waals surface area contributed by atoms with Gasteiger partial charge in [-0.25, -0.2) is 9.38 Å². The van der Waals surface area contributed by atoms with Crippen LogP contribution in [0.3, 0.4) is 0 Å². The van der Waals surface area contributed by atoms with Crippen LogP contribution in [-0.2, 0) is 6.54 Å². The molecule has 0 amide bonds. The van der Waals surface area contributed by atoms with Crippen molar-refractivity contribution in [3.05, 3.63) is 29.6 Å². The number of hydrogen-bond acceptors (Lipinski definition) is 3. The lowest BCUT2D eigenvalue weighted by Gasteiger charge is -2.35. The zero-order chi connectivity index (χ0) is 17.7. The SMILES string of the molecule is CCN1CCN(c2ccc(CN=C(N)NC(C)(C)C)cc2F)CC1. The molecule has 5 nitrogen and oxygen atoms in total. The van der Waals surface area contributed by atoms with E-state index in [9.17, 15) is 4.39 Å². The van der Waals surface area contributed by atoms with Gasteiger partial charge in [-0.3, -0.25) is 0 Å². The van der Waals surface area contributed by atoms with Gasteiger partial charge < -0.3 is 20.9 Å². The van der Waals surface area contributed by atoms with E-state index in [-0.39, 0.29) is 11.4 Å². The summed E-state index contributed by atoms with van der Waals surface area (Å²) in [6.07, 6.45) is 0. The Balaban J connectivity index is 1.98.